The van der Waals surface area contributed by atoms with Crippen LogP contribution in [0.5, 0.6) is 0 Å². The van der Waals surface area contributed by atoms with Crippen LogP contribution in [0.1, 0.15) is 75.6 Å². The smallest absolute Gasteiger partial charge is 0.310 e. The molecule has 0 saturated heterocycles. The zero-order valence-corrected chi connectivity index (χ0v) is 18.8. The number of pyridine rings is 2. The van der Waals surface area contributed by atoms with Gasteiger partial charge in [-0.1, -0.05) is 63.5 Å². The van der Waals surface area contributed by atoms with Crippen LogP contribution in [0, 0.1) is 11.8 Å². The predicted molar refractivity (Wildman–Crippen MR) is 121 cm³/mol. The molecule has 6 heteroatoms. The average Bonchev–Trinajstić information content (AvgIpc) is 2.82. The van der Waals surface area contributed by atoms with E-state index in [9.17, 15) is 9.59 Å². The number of carbonyl (C=O) groups is 2. The van der Waals surface area contributed by atoms with Crippen LogP contribution in [0.25, 0.3) is 0 Å². The van der Waals surface area contributed by atoms with E-state index in [1.54, 1.807) is 12.4 Å². The van der Waals surface area contributed by atoms with E-state index in [0.29, 0.717) is 24.2 Å². The van der Waals surface area contributed by atoms with Crippen molar-refractivity contribution in [3.8, 4) is 0 Å². The molecular weight excluding hydrogens is 404 g/mol. The van der Waals surface area contributed by atoms with Gasteiger partial charge >= 0.3 is 11.9 Å². The van der Waals surface area contributed by atoms with Gasteiger partial charge in [0.15, 0.2) is 0 Å². The first-order chi connectivity index (χ1) is 15.7. The second-order valence-corrected chi connectivity index (χ2v) is 8.48. The monoisotopic (exact) mass is 438 g/mol. The van der Waals surface area contributed by atoms with Gasteiger partial charge in [-0.25, -0.2) is 0 Å². The van der Waals surface area contributed by atoms with Gasteiger partial charge in [0.05, 0.1) is 23.2 Å². The van der Waals surface area contributed by atoms with Gasteiger partial charge in [-0.15, -0.1) is 0 Å². The van der Waals surface area contributed by atoms with E-state index in [4.69, 9.17) is 9.47 Å². The molecule has 0 amide bonds. The summed E-state index contributed by atoms with van der Waals surface area (Å²) in [4.78, 5) is 34.7. The van der Waals surface area contributed by atoms with Crippen molar-refractivity contribution in [2.75, 3.05) is 0 Å². The summed E-state index contributed by atoms with van der Waals surface area (Å²) in [6.45, 7) is 0.234. The topological polar surface area (TPSA) is 78.4 Å². The highest BCUT2D eigenvalue weighted by Gasteiger charge is 2.35. The van der Waals surface area contributed by atoms with Crippen LogP contribution >= 0.6 is 0 Å². The molecule has 2 aromatic heterocycles. The molecule has 0 N–H and O–H groups in total. The molecule has 2 heterocycles. The molecule has 2 unspecified atom stereocenters. The lowest BCUT2D eigenvalue weighted by Crippen LogP contribution is -2.33. The van der Waals surface area contributed by atoms with Crippen molar-refractivity contribution in [2.45, 2.75) is 77.4 Å². The minimum atomic E-state index is -0.491. The van der Waals surface area contributed by atoms with Crippen LogP contribution in [-0.4, -0.2) is 21.9 Å². The molecule has 0 bridgehead atoms. The number of hydrogen-bond acceptors (Lipinski definition) is 6. The number of hydrogen-bond donors (Lipinski definition) is 0. The Morgan fingerprint density at radius 3 is 1.44 bits per heavy atom. The van der Waals surface area contributed by atoms with E-state index in [1.165, 1.54) is 25.7 Å². The van der Waals surface area contributed by atoms with Gasteiger partial charge in [0.25, 0.3) is 0 Å². The van der Waals surface area contributed by atoms with Gasteiger partial charge < -0.3 is 9.47 Å². The van der Waals surface area contributed by atoms with Crippen LogP contribution in [-0.2, 0) is 32.3 Å². The zero-order chi connectivity index (χ0) is 22.4. The van der Waals surface area contributed by atoms with E-state index in [2.05, 4.69) is 9.97 Å². The van der Waals surface area contributed by atoms with Gasteiger partial charge in [0.2, 0.25) is 0 Å². The molecule has 2 aromatic rings. The van der Waals surface area contributed by atoms with E-state index in [-0.39, 0.29) is 25.2 Å². The molecule has 1 saturated carbocycles. The van der Waals surface area contributed by atoms with Crippen molar-refractivity contribution in [2.24, 2.45) is 11.8 Å². The highest BCUT2D eigenvalue weighted by atomic mass is 16.5. The average molecular weight is 439 g/mol. The third-order valence-corrected chi connectivity index (χ3v) is 6.05. The van der Waals surface area contributed by atoms with Crippen molar-refractivity contribution < 1.29 is 19.1 Å². The van der Waals surface area contributed by atoms with Crippen molar-refractivity contribution >= 4 is 11.9 Å². The van der Waals surface area contributed by atoms with Crippen molar-refractivity contribution in [1.29, 1.82) is 0 Å². The Morgan fingerprint density at radius 1 is 0.656 bits per heavy atom. The Labute approximate surface area is 190 Å². The Balaban J connectivity index is 1.68. The van der Waals surface area contributed by atoms with Gasteiger partial charge in [-0.3, -0.25) is 19.6 Å². The van der Waals surface area contributed by atoms with Crippen LogP contribution in [0.15, 0.2) is 48.8 Å². The number of nitrogens with zero attached hydrogens (tertiary/aromatic N) is 2. The normalized spacial score (nSPS) is 20.4. The van der Waals surface area contributed by atoms with E-state index in [0.717, 1.165) is 25.7 Å². The summed E-state index contributed by atoms with van der Waals surface area (Å²) in [5.74, 6) is -1.64. The molecule has 0 aromatic carbocycles. The maximum absolute atomic E-state index is 13.1. The molecule has 0 spiro atoms. The molecule has 0 radical (unpaired) electrons. The van der Waals surface area contributed by atoms with Crippen LogP contribution < -0.4 is 0 Å². The number of aromatic nitrogens is 2. The summed E-state index contributed by atoms with van der Waals surface area (Å²) in [5, 5.41) is 0. The zero-order valence-electron chi connectivity index (χ0n) is 18.8. The fraction of sp³-hybridized carbons (Fsp3) is 0.538. The predicted octanol–water partition coefficient (Wildman–Crippen LogP) is 5.41. The van der Waals surface area contributed by atoms with Crippen molar-refractivity contribution in [1.82, 2.24) is 9.97 Å². The summed E-state index contributed by atoms with van der Waals surface area (Å²) in [5.41, 5.74) is 1.39. The van der Waals surface area contributed by atoms with E-state index in [1.807, 2.05) is 36.4 Å². The largest absolute Gasteiger partial charge is 0.459 e. The summed E-state index contributed by atoms with van der Waals surface area (Å²) in [6, 6.07) is 11.0. The first kappa shape index (κ1) is 23.9. The Bertz CT molecular complexity index is 744. The van der Waals surface area contributed by atoms with Gasteiger partial charge in [0, 0.05) is 12.4 Å². The number of carbonyl (C=O) groups excluding carboxylic acids is 2. The fourth-order valence-electron chi connectivity index (χ4n) is 4.23. The third kappa shape index (κ3) is 8.06. The lowest BCUT2D eigenvalue weighted by molar-refractivity contribution is -0.163. The number of rotatable bonds is 6. The lowest BCUT2D eigenvalue weighted by Gasteiger charge is -2.25. The second-order valence-electron chi connectivity index (χ2n) is 8.48. The van der Waals surface area contributed by atoms with Crippen LogP contribution in [0.4, 0.5) is 0 Å². The van der Waals surface area contributed by atoms with Gasteiger partial charge in [-0.05, 0) is 37.1 Å². The third-order valence-electron chi connectivity index (χ3n) is 6.05. The SMILES string of the molecule is O=C(OCc1ccccn1)C1CCCCCCCCCCC1C(=O)OCc1ccccn1. The second kappa shape index (κ2) is 13.6. The maximum atomic E-state index is 13.1. The molecule has 172 valence electrons. The van der Waals surface area contributed by atoms with Gasteiger partial charge in [0.1, 0.15) is 13.2 Å². The Kier molecular flexibility index (Phi) is 10.2. The highest BCUT2D eigenvalue weighted by Crippen LogP contribution is 2.29. The van der Waals surface area contributed by atoms with Crippen molar-refractivity contribution in [3.05, 3.63) is 60.2 Å². The molecular formula is C26H34N2O4. The van der Waals surface area contributed by atoms with E-state index >= 15 is 0 Å². The summed E-state index contributed by atoms with van der Waals surface area (Å²) < 4.78 is 11.2. The molecule has 1 aliphatic rings. The molecule has 6 nitrogen and oxygen atoms in total. The quantitative estimate of drug-likeness (QED) is 0.561. The van der Waals surface area contributed by atoms with E-state index < -0.39 is 11.8 Å². The molecule has 0 aliphatic heterocycles. The minimum Gasteiger partial charge on any atom is -0.459 e. The molecule has 32 heavy (non-hydrogen) atoms. The summed E-state index contributed by atoms with van der Waals surface area (Å²) >= 11 is 0. The lowest BCUT2D eigenvalue weighted by atomic mass is 9.83. The molecule has 2 atom stereocenters. The van der Waals surface area contributed by atoms with Crippen LogP contribution in [0.2, 0.25) is 0 Å². The Hall–Kier alpha value is -2.76. The number of ether oxygens (including phenoxy) is 2. The van der Waals surface area contributed by atoms with Crippen LogP contribution in [0.3, 0.4) is 0 Å². The molecule has 1 aliphatic carbocycles. The summed E-state index contributed by atoms with van der Waals surface area (Å²) in [6.07, 6.45) is 13.4. The van der Waals surface area contributed by atoms with Gasteiger partial charge in [-0.2, -0.15) is 0 Å². The molecule has 3 rings (SSSR count). The first-order valence-corrected chi connectivity index (χ1v) is 11.9. The minimum absolute atomic E-state index is 0.117. The number of esters is 2. The Morgan fingerprint density at radius 2 is 1.06 bits per heavy atom. The first-order valence-electron chi connectivity index (χ1n) is 11.9. The fourth-order valence-corrected chi connectivity index (χ4v) is 4.23. The maximum Gasteiger partial charge on any atom is 0.310 e. The highest BCUT2D eigenvalue weighted by molar-refractivity contribution is 5.82. The summed E-state index contributed by atoms with van der Waals surface area (Å²) in [7, 11) is 0. The standard InChI is InChI=1S/C26H34N2O4/c29-25(31-19-21-13-9-11-17-27-21)23-15-7-5-3-1-2-4-6-8-16-24(23)26(30)32-20-22-14-10-12-18-28-22/h9-14,17-18,23-24H,1-8,15-16,19-20H2. The van der Waals surface area contributed by atoms with Crippen molar-refractivity contribution in [3.63, 3.8) is 0 Å². The molecule has 1 fully saturated rings.